The second kappa shape index (κ2) is 9.55. The van der Waals surface area contributed by atoms with Crippen LogP contribution in [0.25, 0.3) is 11.0 Å². The number of morpholine rings is 1. The Labute approximate surface area is 203 Å². The van der Waals surface area contributed by atoms with E-state index in [-0.39, 0.29) is 6.10 Å². The number of fused-ring (bicyclic) bond motifs is 1. The van der Waals surface area contributed by atoms with Gasteiger partial charge in [-0.2, -0.15) is 0 Å². The number of nitrogens with zero attached hydrogens (tertiary/aromatic N) is 3. The average molecular weight is 488 g/mol. The molecule has 0 bridgehead atoms. The number of carbonyl (C=O) groups is 1. The Bertz CT molecular complexity index is 1140. The molecule has 1 atom stereocenters. The molecule has 5 rings (SSSR count). The zero-order valence-corrected chi connectivity index (χ0v) is 20.1. The molecule has 0 aliphatic carbocycles. The molecule has 1 amide bonds. The first-order valence-corrected chi connectivity index (χ1v) is 12.0. The van der Waals surface area contributed by atoms with Crippen LogP contribution >= 0.6 is 23.2 Å². The third-order valence-corrected chi connectivity index (χ3v) is 7.39. The first-order valence-electron chi connectivity index (χ1n) is 11.3. The lowest BCUT2D eigenvalue weighted by atomic mass is 10.1. The van der Waals surface area contributed by atoms with E-state index in [4.69, 9.17) is 32.4 Å². The Morgan fingerprint density at radius 1 is 1.06 bits per heavy atom. The average Bonchev–Trinajstić information content (AvgIpc) is 3.28. The van der Waals surface area contributed by atoms with Crippen molar-refractivity contribution in [3.05, 3.63) is 63.3 Å². The second-order valence-electron chi connectivity index (χ2n) is 8.69. The summed E-state index contributed by atoms with van der Waals surface area (Å²) in [4.78, 5) is 17.7. The van der Waals surface area contributed by atoms with Crippen molar-refractivity contribution < 1.29 is 13.9 Å². The summed E-state index contributed by atoms with van der Waals surface area (Å²) < 4.78 is 12.0. The van der Waals surface area contributed by atoms with Crippen LogP contribution in [0.2, 0.25) is 10.0 Å². The molecule has 6 nitrogen and oxygen atoms in total. The largest absolute Gasteiger partial charge is 0.458 e. The highest BCUT2D eigenvalue weighted by Gasteiger charge is 2.26. The maximum atomic E-state index is 11.2. The molecule has 0 N–H and O–H groups in total. The number of anilines is 1. The highest BCUT2D eigenvalue weighted by atomic mass is 35.5. The highest BCUT2D eigenvalue weighted by Crippen LogP contribution is 2.35. The fraction of sp³-hybridized carbons (Fsp3) is 0.400. The normalized spacial score (nSPS) is 19.9. The Kier molecular flexibility index (Phi) is 6.52. The number of furan rings is 1. The number of ether oxygens (including phenoxy) is 1. The summed E-state index contributed by atoms with van der Waals surface area (Å²) in [6.07, 6.45) is 0.653. The van der Waals surface area contributed by atoms with Crippen LogP contribution in [0, 0.1) is 6.92 Å². The lowest BCUT2D eigenvalue weighted by Crippen LogP contribution is -2.46. The summed E-state index contributed by atoms with van der Waals surface area (Å²) in [6.45, 7) is 8.30. The van der Waals surface area contributed by atoms with Crippen LogP contribution in [0.1, 0.15) is 23.0 Å². The summed E-state index contributed by atoms with van der Waals surface area (Å²) >= 11 is 12.7. The maximum absolute atomic E-state index is 11.2. The van der Waals surface area contributed by atoms with Crippen LogP contribution in [-0.4, -0.2) is 62.1 Å². The number of halogens is 2. The number of amides is 1. The summed E-state index contributed by atoms with van der Waals surface area (Å²) in [5.74, 6) is 0.776. The zero-order chi connectivity index (χ0) is 22.9. The van der Waals surface area contributed by atoms with Gasteiger partial charge in [0.25, 0.3) is 0 Å². The second-order valence-corrected chi connectivity index (χ2v) is 9.51. The van der Waals surface area contributed by atoms with E-state index < -0.39 is 0 Å². The van der Waals surface area contributed by atoms with E-state index >= 15 is 0 Å². The van der Waals surface area contributed by atoms with Crippen molar-refractivity contribution >= 4 is 46.3 Å². The minimum absolute atomic E-state index is 0.223. The van der Waals surface area contributed by atoms with Gasteiger partial charge >= 0.3 is 0 Å². The number of carbonyl (C=O) groups excluding carboxylic acids is 1. The van der Waals surface area contributed by atoms with Crippen molar-refractivity contribution in [3.8, 4) is 0 Å². The van der Waals surface area contributed by atoms with Gasteiger partial charge in [-0.25, -0.2) is 0 Å². The van der Waals surface area contributed by atoms with E-state index in [1.54, 1.807) is 4.90 Å². The minimum Gasteiger partial charge on any atom is -0.458 e. The molecule has 2 aliphatic rings. The van der Waals surface area contributed by atoms with Crippen molar-refractivity contribution in [1.82, 2.24) is 9.80 Å². The third-order valence-electron chi connectivity index (χ3n) is 6.68. The fourth-order valence-electron chi connectivity index (χ4n) is 4.75. The third kappa shape index (κ3) is 4.58. The quantitative estimate of drug-likeness (QED) is 0.479. The van der Waals surface area contributed by atoms with Crippen LogP contribution in [0.4, 0.5) is 5.69 Å². The Hall–Kier alpha value is -2.25. The van der Waals surface area contributed by atoms with Gasteiger partial charge in [-0.15, -0.1) is 0 Å². The molecule has 3 heterocycles. The SMILES string of the molecule is Cc1c(N2CCN(Cc3c(Cl)cccc3Cl)CC2)ccc2oc(C3CN(C=O)CCO3)cc12. The molecule has 8 heteroatoms. The van der Waals surface area contributed by atoms with Crippen molar-refractivity contribution in [2.24, 2.45) is 0 Å². The molecule has 1 unspecified atom stereocenters. The molecule has 3 aromatic rings. The van der Waals surface area contributed by atoms with Gasteiger partial charge in [-0.1, -0.05) is 29.3 Å². The van der Waals surface area contributed by atoms with Gasteiger partial charge in [0.2, 0.25) is 6.41 Å². The molecule has 33 heavy (non-hydrogen) atoms. The van der Waals surface area contributed by atoms with Crippen molar-refractivity contribution in [2.45, 2.75) is 19.6 Å². The first kappa shape index (κ1) is 22.5. The minimum atomic E-state index is -0.223. The molecule has 2 fully saturated rings. The summed E-state index contributed by atoms with van der Waals surface area (Å²) in [5, 5.41) is 2.54. The van der Waals surface area contributed by atoms with Crippen molar-refractivity contribution in [1.29, 1.82) is 0 Å². The number of aryl methyl sites for hydroxylation is 1. The highest BCUT2D eigenvalue weighted by molar-refractivity contribution is 6.35. The van der Waals surface area contributed by atoms with Gasteiger partial charge in [0, 0.05) is 66.0 Å². The Balaban J connectivity index is 1.29. The van der Waals surface area contributed by atoms with Crippen LogP contribution < -0.4 is 4.90 Å². The molecular weight excluding hydrogens is 461 g/mol. The molecule has 1 aromatic heterocycles. The number of benzene rings is 2. The van der Waals surface area contributed by atoms with Crippen LogP contribution in [0.15, 0.2) is 40.8 Å². The molecule has 0 saturated carbocycles. The molecule has 0 radical (unpaired) electrons. The number of hydrogen-bond acceptors (Lipinski definition) is 5. The monoisotopic (exact) mass is 487 g/mol. The van der Waals surface area contributed by atoms with E-state index in [9.17, 15) is 4.79 Å². The standard InChI is InChI=1S/C25H27Cl2N3O3/c1-17-18-13-24(25-15-29(16-31)11-12-32-25)33-23(18)6-5-22(17)30-9-7-28(8-10-30)14-19-20(26)3-2-4-21(19)27/h2-6,13,16,25H,7-12,14-15H2,1H3. The van der Waals surface area contributed by atoms with Gasteiger partial charge in [0.05, 0.1) is 13.2 Å². The Morgan fingerprint density at radius 3 is 2.55 bits per heavy atom. The number of hydrogen-bond donors (Lipinski definition) is 0. The molecule has 174 valence electrons. The number of rotatable bonds is 5. The summed E-state index contributed by atoms with van der Waals surface area (Å²) in [7, 11) is 0. The molecule has 2 aliphatic heterocycles. The zero-order valence-electron chi connectivity index (χ0n) is 18.6. The van der Waals surface area contributed by atoms with Gasteiger partial charge in [0.15, 0.2) is 0 Å². The lowest BCUT2D eigenvalue weighted by molar-refractivity contribution is -0.126. The summed E-state index contributed by atoms with van der Waals surface area (Å²) in [5.41, 5.74) is 4.28. The van der Waals surface area contributed by atoms with Crippen LogP contribution in [-0.2, 0) is 16.1 Å². The maximum Gasteiger partial charge on any atom is 0.209 e. The van der Waals surface area contributed by atoms with Crippen molar-refractivity contribution in [2.75, 3.05) is 50.8 Å². The summed E-state index contributed by atoms with van der Waals surface area (Å²) in [6, 6.07) is 11.9. The van der Waals surface area contributed by atoms with Gasteiger partial charge in [-0.3, -0.25) is 9.69 Å². The van der Waals surface area contributed by atoms with E-state index in [0.29, 0.717) is 19.7 Å². The van der Waals surface area contributed by atoms with Gasteiger partial charge < -0.3 is 19.0 Å². The fourth-order valence-corrected chi connectivity index (χ4v) is 5.27. The van der Waals surface area contributed by atoms with E-state index in [0.717, 1.165) is 71.5 Å². The predicted octanol–water partition coefficient (Wildman–Crippen LogP) is 4.90. The van der Waals surface area contributed by atoms with E-state index in [1.807, 2.05) is 24.3 Å². The van der Waals surface area contributed by atoms with E-state index in [2.05, 4.69) is 28.9 Å². The Morgan fingerprint density at radius 2 is 1.82 bits per heavy atom. The molecule has 0 spiro atoms. The number of piperazine rings is 1. The van der Waals surface area contributed by atoms with Gasteiger partial charge in [0.1, 0.15) is 17.4 Å². The van der Waals surface area contributed by atoms with Gasteiger partial charge in [-0.05, 0) is 42.8 Å². The topological polar surface area (TPSA) is 49.2 Å². The van der Waals surface area contributed by atoms with Crippen LogP contribution in [0.3, 0.4) is 0 Å². The molecular formula is C25H27Cl2N3O3. The first-order chi connectivity index (χ1) is 16.0. The molecule has 2 saturated heterocycles. The van der Waals surface area contributed by atoms with Crippen molar-refractivity contribution in [3.63, 3.8) is 0 Å². The van der Waals surface area contributed by atoms with E-state index in [1.165, 1.54) is 11.3 Å². The van der Waals surface area contributed by atoms with Crippen LogP contribution in [0.5, 0.6) is 0 Å². The lowest BCUT2D eigenvalue weighted by Gasteiger charge is -2.37. The smallest absolute Gasteiger partial charge is 0.209 e. The molecule has 2 aromatic carbocycles. The predicted molar refractivity (Wildman–Crippen MR) is 131 cm³/mol.